The minimum absolute atomic E-state index is 0.0523. The molecule has 4 nitrogen and oxygen atoms in total. The lowest BCUT2D eigenvalue weighted by molar-refractivity contribution is -0.120. The summed E-state index contributed by atoms with van der Waals surface area (Å²) in [5.74, 6) is 0.0523. The zero-order chi connectivity index (χ0) is 15.7. The standard InChI is InChI=1S/C17H29N3O/c1-5-14(6-2)19-17(21)13-18-15-9-11-16(12-10-15)20(7-3)8-4/h9-12,14,18H,5-8,13H2,1-4H3,(H,19,21). The van der Waals surface area contributed by atoms with Gasteiger partial charge in [0, 0.05) is 30.5 Å². The summed E-state index contributed by atoms with van der Waals surface area (Å²) in [7, 11) is 0. The Morgan fingerprint density at radius 1 is 1.05 bits per heavy atom. The Hall–Kier alpha value is -1.71. The second-order valence-electron chi connectivity index (χ2n) is 5.15. The Kier molecular flexibility index (Phi) is 7.65. The minimum atomic E-state index is 0.0523. The molecular weight excluding hydrogens is 262 g/mol. The lowest BCUT2D eigenvalue weighted by atomic mass is 10.2. The molecule has 0 aliphatic rings. The molecule has 1 amide bonds. The van der Waals surface area contributed by atoms with Crippen molar-refractivity contribution in [2.45, 2.75) is 46.6 Å². The molecule has 0 saturated heterocycles. The molecule has 0 bridgehead atoms. The maximum atomic E-state index is 11.8. The van der Waals surface area contributed by atoms with Crippen LogP contribution in [0.2, 0.25) is 0 Å². The number of nitrogens with zero attached hydrogens (tertiary/aromatic N) is 1. The predicted octanol–water partition coefficient (Wildman–Crippen LogP) is 3.25. The minimum Gasteiger partial charge on any atom is -0.376 e. The normalized spacial score (nSPS) is 10.5. The topological polar surface area (TPSA) is 44.4 Å². The van der Waals surface area contributed by atoms with E-state index in [-0.39, 0.29) is 11.9 Å². The van der Waals surface area contributed by atoms with Gasteiger partial charge in [0.2, 0.25) is 5.91 Å². The van der Waals surface area contributed by atoms with Gasteiger partial charge < -0.3 is 15.5 Å². The van der Waals surface area contributed by atoms with E-state index in [0.29, 0.717) is 6.54 Å². The van der Waals surface area contributed by atoms with Gasteiger partial charge in [-0.1, -0.05) is 13.8 Å². The summed E-state index contributed by atoms with van der Waals surface area (Å²) in [6.45, 7) is 10.8. The van der Waals surface area contributed by atoms with E-state index >= 15 is 0 Å². The zero-order valence-electron chi connectivity index (χ0n) is 13.8. The third-order valence-corrected chi connectivity index (χ3v) is 3.80. The molecule has 1 aromatic rings. The number of rotatable bonds is 9. The Bertz CT molecular complexity index is 409. The van der Waals surface area contributed by atoms with Gasteiger partial charge in [-0.05, 0) is 51.0 Å². The molecule has 4 heteroatoms. The van der Waals surface area contributed by atoms with Gasteiger partial charge in [-0.25, -0.2) is 0 Å². The summed E-state index contributed by atoms with van der Waals surface area (Å²) >= 11 is 0. The van der Waals surface area contributed by atoms with E-state index in [4.69, 9.17) is 0 Å². The average molecular weight is 291 g/mol. The SMILES string of the molecule is CCC(CC)NC(=O)CNc1ccc(N(CC)CC)cc1. The van der Waals surface area contributed by atoms with Crippen LogP contribution >= 0.6 is 0 Å². The quantitative estimate of drug-likeness (QED) is 0.734. The van der Waals surface area contributed by atoms with Crippen molar-refractivity contribution in [3.05, 3.63) is 24.3 Å². The van der Waals surface area contributed by atoms with E-state index in [1.165, 1.54) is 5.69 Å². The van der Waals surface area contributed by atoms with Crippen LogP contribution in [0.1, 0.15) is 40.5 Å². The van der Waals surface area contributed by atoms with Crippen LogP contribution < -0.4 is 15.5 Å². The summed E-state index contributed by atoms with van der Waals surface area (Å²) in [4.78, 5) is 14.1. The maximum absolute atomic E-state index is 11.8. The summed E-state index contributed by atoms with van der Waals surface area (Å²) in [6.07, 6.45) is 1.95. The van der Waals surface area contributed by atoms with Gasteiger partial charge in [0.05, 0.1) is 6.54 Å². The fraction of sp³-hybridized carbons (Fsp3) is 0.588. The molecule has 0 fully saturated rings. The van der Waals surface area contributed by atoms with Crippen LogP contribution in [0.15, 0.2) is 24.3 Å². The smallest absolute Gasteiger partial charge is 0.239 e. The van der Waals surface area contributed by atoms with Crippen molar-refractivity contribution >= 4 is 17.3 Å². The van der Waals surface area contributed by atoms with Crippen molar-refractivity contribution in [1.82, 2.24) is 5.32 Å². The van der Waals surface area contributed by atoms with Gasteiger partial charge in [-0.2, -0.15) is 0 Å². The molecule has 0 radical (unpaired) electrons. The number of hydrogen-bond donors (Lipinski definition) is 2. The molecule has 0 heterocycles. The first-order valence-electron chi connectivity index (χ1n) is 8.02. The number of benzene rings is 1. The second kappa shape index (κ2) is 9.27. The number of nitrogens with one attached hydrogen (secondary N) is 2. The second-order valence-corrected chi connectivity index (χ2v) is 5.15. The molecule has 0 aliphatic heterocycles. The van der Waals surface area contributed by atoms with E-state index in [1.54, 1.807) is 0 Å². The van der Waals surface area contributed by atoms with Gasteiger partial charge >= 0.3 is 0 Å². The first kappa shape index (κ1) is 17.3. The molecule has 21 heavy (non-hydrogen) atoms. The predicted molar refractivity (Wildman–Crippen MR) is 91.0 cm³/mol. The van der Waals surface area contributed by atoms with Crippen molar-refractivity contribution in [2.24, 2.45) is 0 Å². The van der Waals surface area contributed by atoms with Gasteiger partial charge in [-0.3, -0.25) is 4.79 Å². The highest BCUT2D eigenvalue weighted by Crippen LogP contribution is 2.17. The van der Waals surface area contributed by atoms with E-state index in [0.717, 1.165) is 31.6 Å². The molecule has 2 N–H and O–H groups in total. The first-order valence-corrected chi connectivity index (χ1v) is 8.02. The fourth-order valence-corrected chi connectivity index (χ4v) is 2.33. The van der Waals surface area contributed by atoms with Gasteiger partial charge in [0.1, 0.15) is 0 Å². The Balaban J connectivity index is 2.47. The summed E-state index contributed by atoms with van der Waals surface area (Å²) in [6, 6.07) is 8.52. The van der Waals surface area contributed by atoms with Crippen molar-refractivity contribution in [3.63, 3.8) is 0 Å². The first-order chi connectivity index (χ1) is 10.1. The zero-order valence-corrected chi connectivity index (χ0v) is 13.8. The average Bonchev–Trinajstić information content (AvgIpc) is 2.53. The van der Waals surface area contributed by atoms with E-state index < -0.39 is 0 Å². The Morgan fingerprint density at radius 3 is 2.10 bits per heavy atom. The molecular formula is C17H29N3O. The number of carbonyl (C=O) groups excluding carboxylic acids is 1. The third kappa shape index (κ3) is 5.66. The molecule has 0 aliphatic carbocycles. The lowest BCUT2D eigenvalue weighted by Gasteiger charge is -2.21. The lowest BCUT2D eigenvalue weighted by Crippen LogP contribution is -2.37. The van der Waals surface area contributed by atoms with Gasteiger partial charge in [0.15, 0.2) is 0 Å². The summed E-state index contributed by atoms with van der Waals surface area (Å²) in [5.41, 5.74) is 2.19. The maximum Gasteiger partial charge on any atom is 0.239 e. The van der Waals surface area contributed by atoms with Crippen LogP contribution in [0.4, 0.5) is 11.4 Å². The van der Waals surface area contributed by atoms with Gasteiger partial charge in [-0.15, -0.1) is 0 Å². The van der Waals surface area contributed by atoms with Crippen molar-refractivity contribution < 1.29 is 4.79 Å². The van der Waals surface area contributed by atoms with Gasteiger partial charge in [0.25, 0.3) is 0 Å². The van der Waals surface area contributed by atoms with Crippen LogP contribution in [0.25, 0.3) is 0 Å². The van der Waals surface area contributed by atoms with Crippen molar-refractivity contribution in [3.8, 4) is 0 Å². The molecule has 118 valence electrons. The van der Waals surface area contributed by atoms with Crippen LogP contribution in [0.5, 0.6) is 0 Å². The molecule has 0 unspecified atom stereocenters. The Morgan fingerprint density at radius 2 is 1.62 bits per heavy atom. The highest BCUT2D eigenvalue weighted by Gasteiger charge is 2.08. The number of carbonyl (C=O) groups is 1. The molecule has 0 spiro atoms. The summed E-state index contributed by atoms with van der Waals surface area (Å²) < 4.78 is 0. The molecule has 1 aromatic carbocycles. The number of hydrogen-bond acceptors (Lipinski definition) is 3. The third-order valence-electron chi connectivity index (χ3n) is 3.80. The molecule has 1 rings (SSSR count). The summed E-state index contributed by atoms with van der Waals surface area (Å²) in [5, 5.41) is 6.19. The van der Waals surface area contributed by atoms with Crippen LogP contribution in [-0.2, 0) is 4.79 Å². The monoisotopic (exact) mass is 291 g/mol. The largest absolute Gasteiger partial charge is 0.376 e. The van der Waals surface area contributed by atoms with E-state index in [1.807, 2.05) is 12.1 Å². The highest BCUT2D eigenvalue weighted by atomic mass is 16.1. The number of anilines is 2. The number of amides is 1. The fourth-order valence-electron chi connectivity index (χ4n) is 2.33. The molecule has 0 aromatic heterocycles. The molecule has 0 atom stereocenters. The van der Waals surface area contributed by atoms with Crippen LogP contribution in [0.3, 0.4) is 0 Å². The van der Waals surface area contributed by atoms with Crippen LogP contribution in [0, 0.1) is 0 Å². The van der Waals surface area contributed by atoms with Crippen molar-refractivity contribution in [2.75, 3.05) is 29.9 Å². The van der Waals surface area contributed by atoms with Crippen LogP contribution in [-0.4, -0.2) is 31.6 Å². The van der Waals surface area contributed by atoms with Crippen molar-refractivity contribution in [1.29, 1.82) is 0 Å². The van der Waals surface area contributed by atoms with E-state index in [2.05, 4.69) is 55.4 Å². The molecule has 0 saturated carbocycles. The highest BCUT2D eigenvalue weighted by molar-refractivity contribution is 5.81. The van der Waals surface area contributed by atoms with E-state index in [9.17, 15) is 4.79 Å². The Labute approximate surface area is 128 Å².